The van der Waals surface area contributed by atoms with E-state index < -0.39 is 20.0 Å². The van der Waals surface area contributed by atoms with Crippen LogP contribution >= 0.6 is 11.7 Å². The zero-order chi connectivity index (χ0) is 21.6. The highest BCUT2D eigenvalue weighted by Gasteiger charge is 2.35. The third kappa shape index (κ3) is 3.52. The number of rotatable bonds is 4. The van der Waals surface area contributed by atoms with E-state index in [4.69, 9.17) is 0 Å². The quantitative estimate of drug-likeness (QED) is 0.451. The maximum atomic E-state index is 13.2. The molecule has 1 saturated heterocycles. The summed E-state index contributed by atoms with van der Waals surface area (Å²) >= 11 is 0.961. The van der Waals surface area contributed by atoms with Gasteiger partial charge in [0, 0.05) is 26.2 Å². The van der Waals surface area contributed by atoms with Gasteiger partial charge in [-0.15, -0.1) is 0 Å². The Balaban J connectivity index is 1.38. The van der Waals surface area contributed by atoms with Gasteiger partial charge < -0.3 is 0 Å². The zero-order valence-electron chi connectivity index (χ0n) is 16.2. The Morgan fingerprint density at radius 3 is 2.13 bits per heavy atom. The van der Waals surface area contributed by atoms with Crippen LogP contribution in [0.2, 0.25) is 0 Å². The molecule has 1 fully saturated rings. The summed E-state index contributed by atoms with van der Waals surface area (Å²) < 4.78 is 63.5. The van der Waals surface area contributed by atoms with E-state index in [1.165, 1.54) is 14.7 Å². The van der Waals surface area contributed by atoms with Crippen LogP contribution < -0.4 is 0 Å². The van der Waals surface area contributed by atoms with Crippen LogP contribution in [0.3, 0.4) is 0 Å². The van der Waals surface area contributed by atoms with Crippen molar-refractivity contribution in [2.24, 2.45) is 0 Å². The molecule has 0 atom stereocenters. The smallest absolute Gasteiger partial charge is 0.207 e. The van der Waals surface area contributed by atoms with Gasteiger partial charge in [-0.2, -0.15) is 17.4 Å². The predicted molar refractivity (Wildman–Crippen MR) is 119 cm³/mol. The molecule has 160 valence electrons. The lowest BCUT2D eigenvalue weighted by Gasteiger charge is -2.33. The van der Waals surface area contributed by atoms with Gasteiger partial charge in [-0.05, 0) is 35.0 Å². The molecule has 31 heavy (non-hydrogen) atoms. The van der Waals surface area contributed by atoms with E-state index >= 15 is 0 Å². The van der Waals surface area contributed by atoms with Crippen LogP contribution in [0.4, 0.5) is 0 Å². The molecule has 0 saturated carbocycles. The van der Waals surface area contributed by atoms with E-state index in [1.807, 2.05) is 24.3 Å². The molecule has 0 aliphatic carbocycles. The fourth-order valence-corrected chi connectivity index (χ4v) is 7.39. The van der Waals surface area contributed by atoms with E-state index in [0.717, 1.165) is 22.5 Å². The van der Waals surface area contributed by atoms with Gasteiger partial charge in [0.2, 0.25) is 20.0 Å². The summed E-state index contributed by atoms with van der Waals surface area (Å²) in [6.45, 7) is 0.311. The van der Waals surface area contributed by atoms with Crippen molar-refractivity contribution in [2.75, 3.05) is 26.2 Å². The lowest BCUT2D eigenvalue weighted by atomic mass is 10.1. The zero-order valence-corrected chi connectivity index (χ0v) is 18.7. The SMILES string of the molecule is O=S(=O)(c1ccc2ccccc2c1)N1CCN(S(=O)(=O)c2cccc3nsnc23)CC1. The Kier molecular flexibility index (Phi) is 5.02. The Bertz CT molecular complexity index is 1490. The highest BCUT2D eigenvalue weighted by atomic mass is 32.2. The summed E-state index contributed by atoms with van der Waals surface area (Å²) in [6, 6.07) is 17.5. The normalized spacial score (nSPS) is 16.8. The number of hydrogen-bond acceptors (Lipinski definition) is 7. The van der Waals surface area contributed by atoms with Crippen molar-refractivity contribution < 1.29 is 16.8 Å². The van der Waals surface area contributed by atoms with Crippen molar-refractivity contribution >= 4 is 53.6 Å². The number of aromatic nitrogens is 2. The van der Waals surface area contributed by atoms with Gasteiger partial charge in [-0.3, -0.25) is 0 Å². The number of sulfonamides is 2. The molecule has 1 aliphatic heterocycles. The van der Waals surface area contributed by atoms with Crippen LogP contribution in [-0.4, -0.2) is 60.4 Å². The molecule has 0 radical (unpaired) electrons. The third-order valence-corrected chi connectivity index (χ3v) is 9.79. The molecule has 2 heterocycles. The Hall–Kier alpha value is -2.44. The summed E-state index contributed by atoms with van der Waals surface area (Å²) in [4.78, 5) is 0.311. The Labute approximate surface area is 184 Å². The van der Waals surface area contributed by atoms with Gasteiger partial charge in [0.15, 0.2) is 0 Å². The average Bonchev–Trinajstić information content (AvgIpc) is 3.27. The van der Waals surface area contributed by atoms with Crippen LogP contribution in [0.25, 0.3) is 21.8 Å². The average molecular weight is 475 g/mol. The van der Waals surface area contributed by atoms with E-state index in [-0.39, 0.29) is 36.0 Å². The minimum Gasteiger partial charge on any atom is -0.207 e. The molecule has 8 nitrogen and oxygen atoms in total. The van der Waals surface area contributed by atoms with E-state index in [1.54, 1.807) is 30.3 Å². The topological polar surface area (TPSA) is 101 Å². The maximum absolute atomic E-state index is 13.2. The number of hydrogen-bond donors (Lipinski definition) is 0. The first-order chi connectivity index (χ1) is 14.9. The van der Waals surface area contributed by atoms with Crippen molar-refractivity contribution in [1.29, 1.82) is 0 Å². The first kappa shape index (κ1) is 20.5. The second-order valence-corrected chi connectivity index (χ2v) is 11.6. The van der Waals surface area contributed by atoms with Gasteiger partial charge in [0.25, 0.3) is 0 Å². The highest BCUT2D eigenvalue weighted by Crippen LogP contribution is 2.27. The maximum Gasteiger partial charge on any atom is 0.245 e. The molecular formula is C20H18N4O4S3. The molecule has 1 aliphatic rings. The minimum absolute atomic E-state index is 0.0725. The summed E-state index contributed by atoms with van der Waals surface area (Å²) in [5.41, 5.74) is 0.877. The fourth-order valence-electron chi connectivity index (χ4n) is 3.76. The van der Waals surface area contributed by atoms with Crippen molar-refractivity contribution in [3.8, 4) is 0 Å². The van der Waals surface area contributed by atoms with Gasteiger partial charge in [0.1, 0.15) is 15.9 Å². The van der Waals surface area contributed by atoms with Crippen LogP contribution in [0.5, 0.6) is 0 Å². The summed E-state index contributed by atoms with van der Waals surface area (Å²) in [7, 11) is -7.53. The van der Waals surface area contributed by atoms with Crippen molar-refractivity contribution in [1.82, 2.24) is 17.4 Å². The van der Waals surface area contributed by atoms with Crippen molar-refractivity contribution in [3.05, 3.63) is 60.7 Å². The number of benzene rings is 3. The highest BCUT2D eigenvalue weighted by molar-refractivity contribution is 7.89. The third-order valence-electron chi connectivity index (χ3n) is 5.42. The summed E-state index contributed by atoms with van der Waals surface area (Å²) in [5, 5.41) is 1.80. The lowest BCUT2D eigenvalue weighted by Crippen LogP contribution is -2.50. The number of piperazine rings is 1. The molecule has 0 spiro atoms. The van der Waals surface area contributed by atoms with Crippen molar-refractivity contribution in [2.45, 2.75) is 9.79 Å². The number of nitrogens with zero attached hydrogens (tertiary/aromatic N) is 4. The van der Waals surface area contributed by atoms with Gasteiger partial charge in [0.05, 0.1) is 16.6 Å². The van der Waals surface area contributed by atoms with Gasteiger partial charge >= 0.3 is 0 Å². The number of fused-ring (bicyclic) bond motifs is 2. The van der Waals surface area contributed by atoms with E-state index in [2.05, 4.69) is 8.75 Å². The molecule has 5 rings (SSSR count). The van der Waals surface area contributed by atoms with Gasteiger partial charge in [-0.1, -0.05) is 36.4 Å². The molecule has 0 unspecified atom stereocenters. The second kappa shape index (κ2) is 7.61. The first-order valence-electron chi connectivity index (χ1n) is 9.58. The molecule has 0 N–H and O–H groups in total. The van der Waals surface area contributed by atoms with Crippen LogP contribution in [0.15, 0.2) is 70.5 Å². The molecule has 0 amide bonds. The van der Waals surface area contributed by atoms with Crippen LogP contribution in [-0.2, 0) is 20.0 Å². The monoisotopic (exact) mass is 474 g/mol. The fraction of sp³-hybridized carbons (Fsp3) is 0.200. The Morgan fingerprint density at radius 1 is 0.710 bits per heavy atom. The molecular weight excluding hydrogens is 456 g/mol. The molecule has 3 aromatic carbocycles. The minimum atomic E-state index is -3.80. The van der Waals surface area contributed by atoms with Crippen LogP contribution in [0.1, 0.15) is 0 Å². The van der Waals surface area contributed by atoms with E-state index in [0.29, 0.717) is 11.0 Å². The first-order valence-corrected chi connectivity index (χ1v) is 13.2. The van der Waals surface area contributed by atoms with E-state index in [9.17, 15) is 16.8 Å². The van der Waals surface area contributed by atoms with Gasteiger partial charge in [-0.25, -0.2) is 16.8 Å². The largest absolute Gasteiger partial charge is 0.245 e. The second-order valence-electron chi connectivity index (χ2n) is 7.21. The predicted octanol–water partition coefficient (Wildman–Crippen LogP) is 2.54. The molecule has 0 bridgehead atoms. The molecule has 1 aromatic heterocycles. The molecule has 4 aromatic rings. The Morgan fingerprint density at radius 2 is 1.39 bits per heavy atom. The van der Waals surface area contributed by atoms with Crippen molar-refractivity contribution in [3.63, 3.8) is 0 Å². The summed E-state index contributed by atoms with van der Waals surface area (Å²) in [5.74, 6) is 0. The summed E-state index contributed by atoms with van der Waals surface area (Å²) in [6.07, 6.45) is 0. The molecule has 11 heteroatoms. The standard InChI is InChI=1S/C20H18N4O4S3/c25-30(26,17-9-8-15-4-1-2-5-16(15)14-17)23-10-12-24(13-11-23)31(27,28)19-7-3-6-18-20(19)22-29-21-18/h1-9,14H,10-13H2. The van der Waals surface area contributed by atoms with Crippen LogP contribution in [0, 0.1) is 0 Å². The lowest BCUT2D eigenvalue weighted by molar-refractivity contribution is 0.273.